The predicted octanol–water partition coefficient (Wildman–Crippen LogP) is 1.39. The highest BCUT2D eigenvalue weighted by atomic mass is 16.3. The van der Waals surface area contributed by atoms with Gasteiger partial charge in [0.25, 0.3) is 5.91 Å². The summed E-state index contributed by atoms with van der Waals surface area (Å²) in [5.41, 5.74) is 2.62. The largest absolute Gasteiger partial charge is 0.373 e. The molecule has 0 bridgehead atoms. The van der Waals surface area contributed by atoms with Crippen molar-refractivity contribution in [3.8, 4) is 0 Å². The number of carbonyl (C=O) groups excluding carboxylic acids is 2. The molecule has 5 heteroatoms. The molecule has 1 heterocycles. The van der Waals surface area contributed by atoms with Gasteiger partial charge in [-0.15, -0.1) is 0 Å². The summed E-state index contributed by atoms with van der Waals surface area (Å²) >= 11 is 0. The number of carbonyl (C=O) groups is 2. The fraction of sp³-hybridized carbons (Fsp3) is 0.556. The van der Waals surface area contributed by atoms with E-state index >= 15 is 0 Å². The van der Waals surface area contributed by atoms with Crippen LogP contribution in [0.15, 0.2) is 18.2 Å². The van der Waals surface area contributed by atoms with Crippen LogP contribution in [-0.4, -0.2) is 29.7 Å². The molecule has 2 atom stereocenters. The molecule has 3 rings (SSSR count). The van der Waals surface area contributed by atoms with Crippen LogP contribution in [0, 0.1) is 11.3 Å². The Kier molecular flexibility index (Phi) is 4.15. The summed E-state index contributed by atoms with van der Waals surface area (Å²) in [5, 5.41) is 15.3. The van der Waals surface area contributed by atoms with Gasteiger partial charge in [-0.2, -0.15) is 0 Å². The van der Waals surface area contributed by atoms with Gasteiger partial charge in [0, 0.05) is 12.1 Å². The first-order valence-electron chi connectivity index (χ1n) is 8.30. The monoisotopic (exact) mass is 316 g/mol. The number of aliphatic hydroxyl groups is 1. The average Bonchev–Trinajstić information content (AvgIpc) is 2.87. The summed E-state index contributed by atoms with van der Waals surface area (Å²) in [6.45, 7) is 4.47. The Balaban J connectivity index is 1.77. The Labute approximate surface area is 136 Å². The number of hydrogen-bond acceptors (Lipinski definition) is 3. The molecule has 1 aliphatic heterocycles. The van der Waals surface area contributed by atoms with Crippen molar-refractivity contribution in [1.29, 1.82) is 0 Å². The van der Waals surface area contributed by atoms with Gasteiger partial charge < -0.3 is 15.7 Å². The molecule has 23 heavy (non-hydrogen) atoms. The van der Waals surface area contributed by atoms with Crippen molar-refractivity contribution in [3.05, 3.63) is 34.9 Å². The topological polar surface area (TPSA) is 78.4 Å². The first-order valence-corrected chi connectivity index (χ1v) is 8.30. The number of fused-ring (bicyclic) bond motifs is 1. The molecule has 0 aromatic heterocycles. The normalized spacial score (nSPS) is 24.4. The average molecular weight is 316 g/mol. The van der Waals surface area contributed by atoms with Gasteiger partial charge in [-0.3, -0.25) is 9.59 Å². The predicted molar refractivity (Wildman–Crippen MR) is 86.8 cm³/mol. The van der Waals surface area contributed by atoms with Gasteiger partial charge in [0.15, 0.2) is 0 Å². The molecular formula is C18H24N2O3. The first kappa shape index (κ1) is 16.0. The zero-order valence-corrected chi connectivity index (χ0v) is 13.7. The summed E-state index contributed by atoms with van der Waals surface area (Å²) in [6, 6.07) is 5.64. The molecule has 1 saturated heterocycles. The molecule has 1 spiro atoms. The van der Waals surface area contributed by atoms with Crippen molar-refractivity contribution >= 4 is 11.8 Å². The molecule has 5 nitrogen and oxygen atoms in total. The minimum absolute atomic E-state index is 0.0303. The molecule has 1 unspecified atom stereocenters. The number of amides is 2. The number of rotatable bonds is 3. The molecule has 2 amide bonds. The van der Waals surface area contributed by atoms with Gasteiger partial charge in [-0.25, -0.2) is 0 Å². The summed E-state index contributed by atoms with van der Waals surface area (Å²) in [5.74, 6) is -0.116. The lowest BCUT2D eigenvalue weighted by atomic mass is 9.70. The molecule has 3 N–H and O–H groups in total. The number of benzene rings is 1. The molecule has 1 aromatic rings. The first-order chi connectivity index (χ1) is 10.9. The summed E-state index contributed by atoms with van der Waals surface area (Å²) in [6.07, 6.45) is 2.46. The fourth-order valence-corrected chi connectivity index (χ4v) is 3.51. The van der Waals surface area contributed by atoms with Crippen molar-refractivity contribution in [2.24, 2.45) is 11.3 Å². The third kappa shape index (κ3) is 2.98. The van der Waals surface area contributed by atoms with Crippen LogP contribution in [0.5, 0.6) is 0 Å². The Bertz CT molecular complexity index is 641. The molecule has 2 aliphatic rings. The molecule has 0 radical (unpaired) electrons. The second-order valence-corrected chi connectivity index (χ2v) is 7.11. The zero-order valence-electron chi connectivity index (χ0n) is 13.7. The summed E-state index contributed by atoms with van der Waals surface area (Å²) in [4.78, 5) is 24.3. The Morgan fingerprint density at radius 1 is 1.30 bits per heavy atom. The SMILES string of the molecule is CC(C)C(O)NC(=O)c1ccc2c(c1)CC[C@@]1(CCNC1=O)C2. The summed E-state index contributed by atoms with van der Waals surface area (Å²) in [7, 11) is 0. The second-order valence-electron chi connectivity index (χ2n) is 7.11. The molecular weight excluding hydrogens is 292 g/mol. The van der Waals surface area contributed by atoms with E-state index in [9.17, 15) is 14.7 Å². The van der Waals surface area contributed by atoms with E-state index in [1.54, 1.807) is 6.07 Å². The van der Waals surface area contributed by atoms with E-state index in [0.29, 0.717) is 5.56 Å². The van der Waals surface area contributed by atoms with E-state index in [-0.39, 0.29) is 23.1 Å². The highest BCUT2D eigenvalue weighted by Gasteiger charge is 2.44. The number of nitrogens with one attached hydrogen (secondary N) is 2. The van der Waals surface area contributed by atoms with Crippen molar-refractivity contribution in [2.75, 3.05) is 6.54 Å². The Hall–Kier alpha value is -1.88. The smallest absolute Gasteiger partial charge is 0.253 e. The van der Waals surface area contributed by atoms with E-state index < -0.39 is 6.23 Å². The molecule has 124 valence electrons. The Morgan fingerprint density at radius 3 is 2.74 bits per heavy atom. The van der Waals surface area contributed by atoms with E-state index in [0.717, 1.165) is 43.4 Å². The van der Waals surface area contributed by atoms with E-state index in [4.69, 9.17) is 0 Å². The van der Waals surface area contributed by atoms with Crippen LogP contribution >= 0.6 is 0 Å². The highest BCUT2D eigenvalue weighted by Crippen LogP contribution is 2.41. The van der Waals surface area contributed by atoms with Crippen molar-refractivity contribution in [1.82, 2.24) is 10.6 Å². The minimum Gasteiger partial charge on any atom is -0.373 e. The quantitative estimate of drug-likeness (QED) is 0.737. The standard InChI is InChI=1S/C18H24N2O3/c1-11(2)15(21)20-16(22)13-3-4-14-10-18(6-5-12(14)9-13)7-8-19-17(18)23/h3-4,9,11,15,21H,5-8,10H2,1-2H3,(H,19,23)(H,20,22)/t15?,18-/m1/s1. The van der Waals surface area contributed by atoms with Crippen LogP contribution in [0.2, 0.25) is 0 Å². The maximum Gasteiger partial charge on any atom is 0.253 e. The third-order valence-electron chi connectivity index (χ3n) is 5.15. The van der Waals surface area contributed by atoms with Gasteiger partial charge >= 0.3 is 0 Å². The van der Waals surface area contributed by atoms with E-state index in [1.807, 2.05) is 26.0 Å². The van der Waals surface area contributed by atoms with Crippen LogP contribution in [0.1, 0.15) is 48.2 Å². The highest BCUT2D eigenvalue weighted by molar-refractivity contribution is 5.94. The summed E-state index contributed by atoms with van der Waals surface area (Å²) < 4.78 is 0. The van der Waals surface area contributed by atoms with Crippen LogP contribution in [0.25, 0.3) is 0 Å². The number of aliphatic hydroxyl groups excluding tert-OH is 1. The maximum atomic E-state index is 12.2. The zero-order chi connectivity index (χ0) is 16.6. The Morgan fingerprint density at radius 2 is 2.09 bits per heavy atom. The van der Waals surface area contributed by atoms with Gasteiger partial charge in [0.05, 0.1) is 5.41 Å². The van der Waals surface area contributed by atoms with Crippen molar-refractivity contribution in [3.63, 3.8) is 0 Å². The lowest BCUT2D eigenvalue weighted by molar-refractivity contribution is -0.128. The van der Waals surface area contributed by atoms with Crippen LogP contribution < -0.4 is 10.6 Å². The van der Waals surface area contributed by atoms with Crippen molar-refractivity contribution in [2.45, 2.75) is 45.8 Å². The van der Waals surface area contributed by atoms with Crippen LogP contribution in [-0.2, 0) is 17.6 Å². The van der Waals surface area contributed by atoms with Crippen LogP contribution in [0.3, 0.4) is 0 Å². The second kappa shape index (κ2) is 5.96. The molecule has 1 fully saturated rings. The van der Waals surface area contributed by atoms with Crippen molar-refractivity contribution < 1.29 is 14.7 Å². The van der Waals surface area contributed by atoms with E-state index in [2.05, 4.69) is 10.6 Å². The van der Waals surface area contributed by atoms with Crippen LogP contribution in [0.4, 0.5) is 0 Å². The lowest BCUT2D eigenvalue weighted by Gasteiger charge is -2.32. The molecule has 1 aliphatic carbocycles. The fourth-order valence-electron chi connectivity index (χ4n) is 3.51. The van der Waals surface area contributed by atoms with Gasteiger partial charge in [0.2, 0.25) is 5.91 Å². The molecule has 1 aromatic carbocycles. The lowest BCUT2D eigenvalue weighted by Crippen LogP contribution is -2.38. The number of aryl methyl sites for hydroxylation is 1. The maximum absolute atomic E-state index is 12.2. The number of hydrogen-bond donors (Lipinski definition) is 3. The van der Waals surface area contributed by atoms with Gasteiger partial charge in [-0.1, -0.05) is 19.9 Å². The molecule has 0 saturated carbocycles. The minimum atomic E-state index is -0.844. The van der Waals surface area contributed by atoms with E-state index in [1.165, 1.54) is 0 Å². The van der Waals surface area contributed by atoms with Gasteiger partial charge in [-0.05, 0) is 54.9 Å². The third-order valence-corrected chi connectivity index (χ3v) is 5.15. The van der Waals surface area contributed by atoms with Gasteiger partial charge in [0.1, 0.15) is 6.23 Å².